The van der Waals surface area contributed by atoms with Crippen LogP contribution < -0.4 is 9.46 Å². The molecule has 0 saturated heterocycles. The Balaban J connectivity index is 1.72. The summed E-state index contributed by atoms with van der Waals surface area (Å²) in [5.74, 6) is -1.60. The molecule has 3 N–H and O–H groups in total. The fraction of sp³-hybridized carbons (Fsp3) is 0.278. The number of benzene rings is 2. The number of carbonyl (C=O) groups is 1. The molecule has 2 aromatic carbocycles. The highest BCUT2D eigenvalue weighted by Crippen LogP contribution is 2.52. The van der Waals surface area contributed by atoms with E-state index in [4.69, 9.17) is 4.74 Å². The topological polar surface area (TPSA) is 113 Å². The molecule has 7 nitrogen and oxygen atoms in total. The number of para-hydroxylation sites is 1. The average Bonchev–Trinajstić information content (AvgIpc) is 3.13. The predicted octanol–water partition coefficient (Wildman–Crippen LogP) is 1.69. The molecule has 3 atom stereocenters. The van der Waals surface area contributed by atoms with Gasteiger partial charge in [0.2, 0.25) is 10.0 Å². The molecule has 0 spiro atoms. The number of hydrogen-bond donors (Lipinski definition) is 3. The van der Waals surface area contributed by atoms with Crippen molar-refractivity contribution < 1.29 is 28.2 Å². The van der Waals surface area contributed by atoms with Gasteiger partial charge in [-0.05, 0) is 31.0 Å². The van der Waals surface area contributed by atoms with Gasteiger partial charge in [-0.25, -0.2) is 13.2 Å². The summed E-state index contributed by atoms with van der Waals surface area (Å²) >= 11 is 0. The van der Waals surface area contributed by atoms with Gasteiger partial charge in [-0.3, -0.25) is 0 Å². The number of nitrogens with one attached hydrogen (secondary N) is 1. The molecule has 0 bridgehead atoms. The molecular formula is C18H17NO6S. The van der Waals surface area contributed by atoms with E-state index in [1.165, 1.54) is 18.2 Å². The van der Waals surface area contributed by atoms with Gasteiger partial charge in [-0.15, -0.1) is 0 Å². The first-order chi connectivity index (χ1) is 12.3. The summed E-state index contributed by atoms with van der Waals surface area (Å²) in [5.41, 5.74) is -1.24. The molecule has 2 aromatic rings. The minimum absolute atomic E-state index is 0.00478. The second-order valence-corrected chi connectivity index (χ2v) is 8.23. The molecule has 3 unspecified atom stereocenters. The lowest BCUT2D eigenvalue weighted by Gasteiger charge is -2.29. The summed E-state index contributed by atoms with van der Waals surface area (Å²) in [5, 5.41) is 20.4. The Morgan fingerprint density at radius 2 is 1.88 bits per heavy atom. The number of carboxylic acids is 1. The number of rotatable bonds is 4. The molecule has 1 fully saturated rings. The van der Waals surface area contributed by atoms with Crippen molar-refractivity contribution in [1.29, 1.82) is 0 Å². The lowest BCUT2D eigenvalue weighted by molar-refractivity contribution is 0.0116. The van der Waals surface area contributed by atoms with Gasteiger partial charge in [0.1, 0.15) is 23.1 Å². The van der Waals surface area contributed by atoms with E-state index in [-0.39, 0.29) is 22.6 Å². The smallest absolute Gasteiger partial charge is 0.339 e. The molecule has 8 heteroatoms. The van der Waals surface area contributed by atoms with Gasteiger partial charge in [0.25, 0.3) is 0 Å². The Kier molecular flexibility index (Phi) is 3.80. The van der Waals surface area contributed by atoms with E-state index in [9.17, 15) is 23.4 Å². The highest BCUT2D eigenvalue weighted by Gasteiger charge is 2.56. The third-order valence-corrected chi connectivity index (χ3v) is 6.46. The third-order valence-electron chi connectivity index (χ3n) is 4.94. The van der Waals surface area contributed by atoms with Gasteiger partial charge in [0.05, 0.1) is 10.8 Å². The summed E-state index contributed by atoms with van der Waals surface area (Å²) in [6.45, 7) is 0. The van der Waals surface area contributed by atoms with Crippen LogP contribution in [-0.2, 0) is 10.0 Å². The molecule has 1 aliphatic heterocycles. The Bertz CT molecular complexity index is 974. The SMILES string of the molecule is O=C(O)c1cccc2c1OC1CCC(O)(NS(=O)(=O)c3ccccc3)C21. The van der Waals surface area contributed by atoms with Gasteiger partial charge in [0, 0.05) is 5.56 Å². The maximum atomic E-state index is 12.7. The van der Waals surface area contributed by atoms with E-state index in [0.717, 1.165) is 0 Å². The number of aliphatic hydroxyl groups is 1. The summed E-state index contributed by atoms with van der Waals surface area (Å²) in [6, 6.07) is 12.5. The van der Waals surface area contributed by atoms with Crippen LogP contribution in [0.4, 0.5) is 0 Å². The van der Waals surface area contributed by atoms with Crippen LogP contribution in [0, 0.1) is 0 Å². The molecule has 136 valence electrons. The minimum atomic E-state index is -3.94. The van der Waals surface area contributed by atoms with Crippen molar-refractivity contribution >= 4 is 16.0 Å². The Labute approximate surface area is 150 Å². The van der Waals surface area contributed by atoms with Crippen molar-refractivity contribution in [2.45, 2.75) is 35.5 Å². The molecule has 1 aliphatic carbocycles. The second kappa shape index (κ2) is 5.80. The van der Waals surface area contributed by atoms with Crippen molar-refractivity contribution in [3.8, 4) is 5.75 Å². The number of hydrogen-bond acceptors (Lipinski definition) is 5. The van der Waals surface area contributed by atoms with Crippen LogP contribution in [0.1, 0.15) is 34.7 Å². The summed E-state index contributed by atoms with van der Waals surface area (Å²) in [7, 11) is -3.94. The zero-order valence-corrected chi connectivity index (χ0v) is 14.4. The van der Waals surface area contributed by atoms with Crippen LogP contribution in [0.15, 0.2) is 53.4 Å². The highest BCUT2D eigenvalue weighted by molar-refractivity contribution is 7.89. The van der Waals surface area contributed by atoms with Crippen molar-refractivity contribution in [2.24, 2.45) is 0 Å². The standard InChI is InChI=1S/C18H17NO6S/c20-17(21)13-8-4-7-12-15-14(25-16(12)13)9-10-18(15,22)19-26(23,24)11-5-2-1-3-6-11/h1-8,14-15,19,22H,9-10H2,(H,20,21). The van der Waals surface area contributed by atoms with Gasteiger partial charge >= 0.3 is 5.97 Å². The first-order valence-corrected chi connectivity index (χ1v) is 9.64. The van der Waals surface area contributed by atoms with Gasteiger partial charge in [-0.1, -0.05) is 30.3 Å². The quantitative estimate of drug-likeness (QED) is 0.701. The van der Waals surface area contributed by atoms with E-state index >= 15 is 0 Å². The summed E-state index contributed by atoms with van der Waals surface area (Å²) < 4.78 is 33.5. The van der Waals surface area contributed by atoms with Crippen molar-refractivity contribution in [3.05, 3.63) is 59.7 Å². The van der Waals surface area contributed by atoms with Crippen LogP contribution >= 0.6 is 0 Å². The fourth-order valence-corrected chi connectivity index (χ4v) is 5.16. The van der Waals surface area contributed by atoms with Crippen molar-refractivity contribution in [3.63, 3.8) is 0 Å². The normalized spacial score (nSPS) is 26.8. The second-order valence-electron chi connectivity index (χ2n) is 6.54. The predicted molar refractivity (Wildman–Crippen MR) is 91.5 cm³/mol. The van der Waals surface area contributed by atoms with E-state index in [1.807, 2.05) is 0 Å². The third kappa shape index (κ3) is 2.57. The Morgan fingerprint density at radius 1 is 1.15 bits per heavy atom. The van der Waals surface area contributed by atoms with Crippen molar-refractivity contribution in [2.75, 3.05) is 0 Å². The van der Waals surface area contributed by atoms with E-state index in [1.54, 1.807) is 30.3 Å². The largest absolute Gasteiger partial charge is 0.488 e. The van der Waals surface area contributed by atoms with Crippen LogP contribution in [0.3, 0.4) is 0 Å². The van der Waals surface area contributed by atoms with E-state index in [2.05, 4.69) is 4.72 Å². The number of sulfonamides is 1. The van der Waals surface area contributed by atoms with Crippen LogP contribution in [-0.4, -0.2) is 36.4 Å². The molecule has 1 saturated carbocycles. The lowest BCUT2D eigenvalue weighted by atomic mass is 9.90. The highest BCUT2D eigenvalue weighted by atomic mass is 32.2. The van der Waals surface area contributed by atoms with Gasteiger partial charge < -0.3 is 14.9 Å². The number of ether oxygens (including phenoxy) is 1. The Hall–Kier alpha value is -2.42. The monoisotopic (exact) mass is 375 g/mol. The lowest BCUT2D eigenvalue weighted by Crippen LogP contribution is -2.50. The molecule has 26 heavy (non-hydrogen) atoms. The van der Waals surface area contributed by atoms with Crippen LogP contribution in [0.5, 0.6) is 5.75 Å². The first kappa shape index (κ1) is 17.0. The zero-order valence-electron chi connectivity index (χ0n) is 13.6. The Morgan fingerprint density at radius 3 is 2.58 bits per heavy atom. The first-order valence-electron chi connectivity index (χ1n) is 8.16. The van der Waals surface area contributed by atoms with Crippen LogP contribution in [0.2, 0.25) is 0 Å². The van der Waals surface area contributed by atoms with E-state index in [0.29, 0.717) is 12.0 Å². The van der Waals surface area contributed by atoms with Gasteiger partial charge in [0.15, 0.2) is 0 Å². The molecule has 0 amide bonds. The molecule has 4 rings (SSSR count). The van der Waals surface area contributed by atoms with Gasteiger partial charge in [-0.2, -0.15) is 4.72 Å². The van der Waals surface area contributed by atoms with Crippen LogP contribution in [0.25, 0.3) is 0 Å². The molecule has 1 heterocycles. The summed E-state index contributed by atoms with van der Waals surface area (Å²) in [6.07, 6.45) is 0.103. The average molecular weight is 375 g/mol. The summed E-state index contributed by atoms with van der Waals surface area (Å²) in [4.78, 5) is 11.5. The molecule has 0 aromatic heterocycles. The minimum Gasteiger partial charge on any atom is -0.488 e. The molecular weight excluding hydrogens is 358 g/mol. The zero-order chi connectivity index (χ0) is 18.5. The van der Waals surface area contributed by atoms with E-state index < -0.39 is 33.7 Å². The molecule has 2 aliphatic rings. The maximum absolute atomic E-state index is 12.7. The molecule has 0 radical (unpaired) electrons. The number of aromatic carboxylic acids is 1. The van der Waals surface area contributed by atoms with Crippen molar-refractivity contribution in [1.82, 2.24) is 4.72 Å². The number of fused-ring (bicyclic) bond motifs is 3. The maximum Gasteiger partial charge on any atom is 0.339 e. The number of carboxylic acid groups (broad SMARTS) is 1. The fourth-order valence-electron chi connectivity index (χ4n) is 3.83.